The van der Waals surface area contributed by atoms with Crippen LogP contribution in [0.2, 0.25) is 0 Å². The Labute approximate surface area is 143 Å². The molecule has 2 fully saturated rings. The number of nitrogens with one attached hydrogen (secondary N) is 1. The monoisotopic (exact) mass is 332 g/mol. The van der Waals surface area contributed by atoms with Gasteiger partial charge in [-0.25, -0.2) is 4.98 Å². The number of carbonyl (C=O) groups is 2. The van der Waals surface area contributed by atoms with Gasteiger partial charge in [0.05, 0.1) is 12.5 Å². The van der Waals surface area contributed by atoms with Gasteiger partial charge >= 0.3 is 0 Å². The molecule has 1 aromatic rings. The SMILES string of the molecule is CN(Cc1ncc[nH]1)C(=O)C1CCC(=O)N(C2CCCCCC2)C1. The van der Waals surface area contributed by atoms with Gasteiger partial charge in [-0.05, 0) is 19.3 Å². The van der Waals surface area contributed by atoms with Gasteiger partial charge in [0.15, 0.2) is 0 Å². The molecular weight excluding hydrogens is 304 g/mol. The summed E-state index contributed by atoms with van der Waals surface area (Å²) >= 11 is 0. The minimum atomic E-state index is -0.0779. The molecule has 0 radical (unpaired) electrons. The summed E-state index contributed by atoms with van der Waals surface area (Å²) in [4.78, 5) is 36.1. The predicted molar refractivity (Wildman–Crippen MR) is 91.0 cm³/mol. The minimum absolute atomic E-state index is 0.0779. The van der Waals surface area contributed by atoms with Crippen molar-refractivity contribution in [1.82, 2.24) is 19.8 Å². The molecule has 2 amide bonds. The first-order valence-electron chi connectivity index (χ1n) is 9.18. The van der Waals surface area contributed by atoms with E-state index in [0.29, 0.717) is 32.0 Å². The summed E-state index contributed by atoms with van der Waals surface area (Å²) in [6.45, 7) is 1.07. The molecule has 1 unspecified atom stereocenters. The van der Waals surface area contributed by atoms with E-state index in [4.69, 9.17) is 0 Å². The van der Waals surface area contributed by atoms with Crippen molar-refractivity contribution < 1.29 is 9.59 Å². The smallest absolute Gasteiger partial charge is 0.227 e. The molecule has 2 aliphatic rings. The maximum Gasteiger partial charge on any atom is 0.227 e. The normalized spacial score (nSPS) is 23.1. The van der Waals surface area contributed by atoms with Gasteiger partial charge in [-0.2, -0.15) is 0 Å². The lowest BCUT2D eigenvalue weighted by atomic mass is 9.93. The van der Waals surface area contributed by atoms with Crippen molar-refractivity contribution in [1.29, 1.82) is 0 Å². The highest BCUT2D eigenvalue weighted by Crippen LogP contribution is 2.28. The maximum absolute atomic E-state index is 12.8. The third-order valence-electron chi connectivity index (χ3n) is 5.38. The standard InChI is InChI=1S/C18H28N4O2/c1-21(13-16-19-10-11-20-16)18(24)14-8-9-17(23)22(12-14)15-6-4-2-3-5-7-15/h10-11,14-15H,2-9,12-13H2,1H3,(H,19,20). The average molecular weight is 332 g/mol. The molecule has 0 bridgehead atoms. The Morgan fingerprint density at radius 2 is 2.04 bits per heavy atom. The molecule has 6 heteroatoms. The molecular formula is C18H28N4O2. The van der Waals surface area contributed by atoms with Crippen LogP contribution in [0.5, 0.6) is 0 Å². The van der Waals surface area contributed by atoms with E-state index in [9.17, 15) is 9.59 Å². The summed E-state index contributed by atoms with van der Waals surface area (Å²) < 4.78 is 0. The Bertz CT molecular complexity index is 549. The van der Waals surface area contributed by atoms with Crippen LogP contribution in [0, 0.1) is 5.92 Å². The van der Waals surface area contributed by atoms with Gasteiger partial charge in [-0.15, -0.1) is 0 Å². The number of hydrogen-bond donors (Lipinski definition) is 1. The van der Waals surface area contributed by atoms with Gasteiger partial charge in [0.1, 0.15) is 5.82 Å². The molecule has 1 atom stereocenters. The predicted octanol–water partition coefficient (Wildman–Crippen LogP) is 2.33. The number of aromatic nitrogens is 2. The van der Waals surface area contributed by atoms with Crippen LogP contribution in [0.3, 0.4) is 0 Å². The highest BCUT2D eigenvalue weighted by molar-refractivity contribution is 5.83. The molecule has 132 valence electrons. The van der Waals surface area contributed by atoms with Gasteiger partial charge in [0.25, 0.3) is 0 Å². The number of carbonyl (C=O) groups excluding carboxylic acids is 2. The number of H-pyrrole nitrogens is 1. The molecule has 1 aliphatic heterocycles. The molecule has 1 aliphatic carbocycles. The van der Waals surface area contributed by atoms with Crippen LogP contribution >= 0.6 is 0 Å². The third-order valence-corrected chi connectivity index (χ3v) is 5.38. The first kappa shape index (κ1) is 17.0. The van der Waals surface area contributed by atoms with Crippen LogP contribution < -0.4 is 0 Å². The van der Waals surface area contributed by atoms with Crippen molar-refractivity contribution in [3.05, 3.63) is 18.2 Å². The fraction of sp³-hybridized carbons (Fsp3) is 0.722. The lowest BCUT2D eigenvalue weighted by Gasteiger charge is -2.38. The number of aromatic amines is 1. The van der Waals surface area contributed by atoms with Gasteiger partial charge in [0, 0.05) is 38.4 Å². The molecule has 3 rings (SSSR count). The highest BCUT2D eigenvalue weighted by Gasteiger charge is 2.35. The van der Waals surface area contributed by atoms with Crippen molar-refractivity contribution in [2.45, 2.75) is 64.0 Å². The summed E-state index contributed by atoms with van der Waals surface area (Å²) in [5.41, 5.74) is 0. The average Bonchev–Trinajstić information content (AvgIpc) is 2.94. The van der Waals surface area contributed by atoms with E-state index < -0.39 is 0 Å². The zero-order valence-corrected chi connectivity index (χ0v) is 14.5. The Balaban J connectivity index is 1.61. The number of likely N-dealkylation sites (tertiary alicyclic amines) is 1. The van der Waals surface area contributed by atoms with Crippen molar-refractivity contribution in [3.63, 3.8) is 0 Å². The fourth-order valence-corrected chi connectivity index (χ4v) is 3.99. The number of amides is 2. The molecule has 6 nitrogen and oxygen atoms in total. The van der Waals surface area contributed by atoms with Crippen LogP contribution in [0.4, 0.5) is 0 Å². The van der Waals surface area contributed by atoms with E-state index in [1.807, 2.05) is 11.9 Å². The van der Waals surface area contributed by atoms with E-state index >= 15 is 0 Å². The van der Waals surface area contributed by atoms with Crippen LogP contribution in [0.1, 0.15) is 57.2 Å². The Morgan fingerprint density at radius 3 is 2.71 bits per heavy atom. The lowest BCUT2D eigenvalue weighted by molar-refractivity contribution is -0.144. The second-order valence-corrected chi connectivity index (χ2v) is 7.16. The van der Waals surface area contributed by atoms with E-state index in [1.54, 1.807) is 17.3 Å². The molecule has 0 spiro atoms. The van der Waals surface area contributed by atoms with Crippen LogP contribution in [0.15, 0.2) is 12.4 Å². The van der Waals surface area contributed by atoms with Crippen molar-refractivity contribution in [3.8, 4) is 0 Å². The Morgan fingerprint density at radius 1 is 1.29 bits per heavy atom. The van der Waals surface area contributed by atoms with Gasteiger partial charge in [-0.1, -0.05) is 25.7 Å². The zero-order chi connectivity index (χ0) is 16.9. The number of imidazole rings is 1. The fourth-order valence-electron chi connectivity index (χ4n) is 3.99. The molecule has 24 heavy (non-hydrogen) atoms. The van der Waals surface area contributed by atoms with Crippen molar-refractivity contribution in [2.24, 2.45) is 5.92 Å². The van der Waals surface area contributed by atoms with Crippen LogP contribution in [0.25, 0.3) is 0 Å². The number of nitrogens with zero attached hydrogens (tertiary/aromatic N) is 3. The largest absolute Gasteiger partial charge is 0.347 e. The topological polar surface area (TPSA) is 69.3 Å². The molecule has 1 N–H and O–H groups in total. The summed E-state index contributed by atoms with van der Waals surface area (Å²) in [5.74, 6) is 1.07. The summed E-state index contributed by atoms with van der Waals surface area (Å²) in [6, 6.07) is 0.339. The van der Waals surface area contributed by atoms with Gasteiger partial charge < -0.3 is 14.8 Å². The zero-order valence-electron chi connectivity index (χ0n) is 14.5. The molecule has 1 saturated heterocycles. The van der Waals surface area contributed by atoms with E-state index in [-0.39, 0.29) is 17.7 Å². The summed E-state index contributed by atoms with van der Waals surface area (Å²) in [6.07, 6.45) is 11.8. The number of piperidine rings is 1. The van der Waals surface area contributed by atoms with Crippen LogP contribution in [-0.2, 0) is 16.1 Å². The summed E-state index contributed by atoms with van der Waals surface area (Å²) in [7, 11) is 1.82. The molecule has 1 saturated carbocycles. The van der Waals surface area contributed by atoms with E-state index in [0.717, 1.165) is 18.7 Å². The second kappa shape index (κ2) is 7.81. The van der Waals surface area contributed by atoms with Crippen molar-refractivity contribution in [2.75, 3.05) is 13.6 Å². The quantitative estimate of drug-likeness (QED) is 0.860. The third kappa shape index (κ3) is 3.97. The molecule has 2 heterocycles. The summed E-state index contributed by atoms with van der Waals surface area (Å²) in [5, 5.41) is 0. The number of rotatable bonds is 4. The van der Waals surface area contributed by atoms with E-state index in [2.05, 4.69) is 9.97 Å². The molecule has 0 aromatic carbocycles. The van der Waals surface area contributed by atoms with Gasteiger partial charge in [-0.3, -0.25) is 9.59 Å². The van der Waals surface area contributed by atoms with Gasteiger partial charge in [0.2, 0.25) is 11.8 Å². The second-order valence-electron chi connectivity index (χ2n) is 7.16. The molecule has 1 aromatic heterocycles. The van der Waals surface area contributed by atoms with Crippen molar-refractivity contribution >= 4 is 11.8 Å². The Kier molecular flexibility index (Phi) is 5.53. The Hall–Kier alpha value is -1.85. The highest BCUT2D eigenvalue weighted by atomic mass is 16.2. The van der Waals surface area contributed by atoms with E-state index in [1.165, 1.54) is 25.7 Å². The number of hydrogen-bond acceptors (Lipinski definition) is 3. The van der Waals surface area contributed by atoms with Crippen LogP contribution in [-0.4, -0.2) is 51.2 Å². The lowest BCUT2D eigenvalue weighted by Crippen LogP contribution is -2.50. The maximum atomic E-state index is 12.8. The first-order chi connectivity index (χ1) is 11.6. The first-order valence-corrected chi connectivity index (χ1v) is 9.18. The minimum Gasteiger partial charge on any atom is -0.347 e.